The first kappa shape index (κ1) is 17.7. The van der Waals surface area contributed by atoms with Gasteiger partial charge in [-0.3, -0.25) is 4.68 Å². The Kier molecular flexibility index (Phi) is 5.38. The fourth-order valence-electron chi connectivity index (χ4n) is 4.14. The van der Waals surface area contributed by atoms with Crippen LogP contribution >= 0.6 is 0 Å². The molecule has 0 saturated carbocycles. The maximum atomic E-state index is 6.16. The van der Waals surface area contributed by atoms with Crippen LogP contribution in [0.25, 0.3) is 0 Å². The van der Waals surface area contributed by atoms with Crippen molar-refractivity contribution in [3.63, 3.8) is 0 Å². The van der Waals surface area contributed by atoms with Crippen LogP contribution in [0.2, 0.25) is 0 Å². The summed E-state index contributed by atoms with van der Waals surface area (Å²) in [5.74, 6) is 0.478. The number of aryl methyl sites for hydroxylation is 1. The van der Waals surface area contributed by atoms with Crippen molar-refractivity contribution in [3.05, 3.63) is 52.8 Å². The van der Waals surface area contributed by atoms with Crippen molar-refractivity contribution >= 4 is 0 Å². The molecule has 5 heteroatoms. The minimum atomic E-state index is 0.138. The van der Waals surface area contributed by atoms with Crippen molar-refractivity contribution in [2.75, 3.05) is 13.2 Å². The summed E-state index contributed by atoms with van der Waals surface area (Å²) in [5.41, 5.74) is 5.21. The lowest BCUT2D eigenvalue weighted by atomic mass is 9.91. The summed E-state index contributed by atoms with van der Waals surface area (Å²) in [6.45, 7) is 8.55. The van der Waals surface area contributed by atoms with Crippen molar-refractivity contribution in [1.82, 2.24) is 15.1 Å². The molecule has 1 saturated heterocycles. The summed E-state index contributed by atoms with van der Waals surface area (Å²) in [6.07, 6.45) is 4.35. The minimum absolute atomic E-state index is 0.138. The van der Waals surface area contributed by atoms with Crippen LogP contribution in [0, 0.1) is 5.92 Å². The molecule has 1 aromatic carbocycles. The smallest absolute Gasteiger partial charge is 0.103 e. The zero-order valence-electron chi connectivity index (χ0n) is 15.8. The Labute approximate surface area is 155 Å². The standard InChI is InChI=1S/C21H29N3O2/c1-3-24-20(8-9-23-24)21-17(5-4-10-26-21)12-22-15(2)16-6-7-18-13-25-14-19(18)11-16/h6-9,11,15,17,21-22H,3-5,10,12-14H2,1-2H3/t15?,17-,21+/m0/s1. The van der Waals surface area contributed by atoms with Crippen LogP contribution in [-0.2, 0) is 29.2 Å². The van der Waals surface area contributed by atoms with Crippen LogP contribution in [0.15, 0.2) is 30.5 Å². The molecule has 4 rings (SSSR count). The molecule has 0 amide bonds. The SMILES string of the molecule is CCn1nccc1[C@@H]1OCCC[C@H]1CNC(C)c1ccc2c(c1)COC2. The van der Waals surface area contributed by atoms with Crippen LogP contribution < -0.4 is 5.32 Å². The predicted molar refractivity (Wildman–Crippen MR) is 101 cm³/mol. The fourth-order valence-corrected chi connectivity index (χ4v) is 4.14. The van der Waals surface area contributed by atoms with E-state index in [9.17, 15) is 0 Å². The highest BCUT2D eigenvalue weighted by atomic mass is 16.5. The van der Waals surface area contributed by atoms with E-state index >= 15 is 0 Å². The van der Waals surface area contributed by atoms with Gasteiger partial charge in [0.05, 0.1) is 18.9 Å². The summed E-state index contributed by atoms with van der Waals surface area (Å²) in [5, 5.41) is 8.16. The van der Waals surface area contributed by atoms with E-state index < -0.39 is 0 Å². The van der Waals surface area contributed by atoms with E-state index in [0.717, 1.165) is 39.3 Å². The van der Waals surface area contributed by atoms with Gasteiger partial charge in [-0.1, -0.05) is 18.2 Å². The molecule has 1 aromatic heterocycles. The monoisotopic (exact) mass is 355 g/mol. The van der Waals surface area contributed by atoms with Gasteiger partial charge in [0.25, 0.3) is 0 Å². The van der Waals surface area contributed by atoms with Gasteiger partial charge in [0.2, 0.25) is 0 Å². The average Bonchev–Trinajstić information content (AvgIpc) is 3.34. The van der Waals surface area contributed by atoms with Gasteiger partial charge in [0, 0.05) is 37.9 Å². The first-order valence-corrected chi connectivity index (χ1v) is 9.82. The maximum absolute atomic E-state index is 6.16. The zero-order chi connectivity index (χ0) is 17.9. The number of nitrogens with zero attached hydrogens (tertiary/aromatic N) is 2. The summed E-state index contributed by atoms with van der Waals surface area (Å²) in [7, 11) is 0. The third kappa shape index (κ3) is 3.56. The minimum Gasteiger partial charge on any atom is -0.372 e. The van der Waals surface area contributed by atoms with Crippen molar-refractivity contribution < 1.29 is 9.47 Å². The molecule has 5 nitrogen and oxygen atoms in total. The molecule has 0 aliphatic carbocycles. The van der Waals surface area contributed by atoms with E-state index in [1.807, 2.05) is 6.20 Å². The molecular formula is C21H29N3O2. The van der Waals surface area contributed by atoms with Crippen molar-refractivity contribution in [2.45, 2.75) is 58.6 Å². The van der Waals surface area contributed by atoms with E-state index in [0.29, 0.717) is 12.0 Å². The predicted octanol–water partition coefficient (Wildman–Crippen LogP) is 3.75. The summed E-state index contributed by atoms with van der Waals surface area (Å²) >= 11 is 0. The number of aromatic nitrogens is 2. The lowest BCUT2D eigenvalue weighted by Crippen LogP contribution is -2.34. The van der Waals surface area contributed by atoms with Crippen molar-refractivity contribution in [2.24, 2.45) is 5.92 Å². The summed E-state index contributed by atoms with van der Waals surface area (Å²) in [6, 6.07) is 9.16. The van der Waals surface area contributed by atoms with Gasteiger partial charge in [0.15, 0.2) is 0 Å². The second-order valence-electron chi connectivity index (χ2n) is 7.42. The number of rotatable bonds is 6. The van der Waals surface area contributed by atoms with Crippen molar-refractivity contribution in [1.29, 1.82) is 0 Å². The van der Waals surface area contributed by atoms with Gasteiger partial charge in [-0.15, -0.1) is 0 Å². The molecule has 1 unspecified atom stereocenters. The van der Waals surface area contributed by atoms with Gasteiger partial charge >= 0.3 is 0 Å². The van der Waals surface area contributed by atoms with Crippen LogP contribution in [0.1, 0.15) is 61.2 Å². The fraction of sp³-hybridized carbons (Fsp3) is 0.571. The van der Waals surface area contributed by atoms with Crippen LogP contribution in [0.4, 0.5) is 0 Å². The Hall–Kier alpha value is -1.69. The average molecular weight is 355 g/mol. The third-order valence-electron chi connectivity index (χ3n) is 5.72. The molecule has 140 valence electrons. The molecule has 1 N–H and O–H groups in total. The molecule has 0 radical (unpaired) electrons. The molecule has 3 atom stereocenters. The summed E-state index contributed by atoms with van der Waals surface area (Å²) < 4.78 is 13.8. The van der Waals surface area contributed by atoms with Gasteiger partial charge in [-0.05, 0) is 49.4 Å². The Bertz CT molecular complexity index is 743. The number of nitrogens with one attached hydrogen (secondary N) is 1. The maximum Gasteiger partial charge on any atom is 0.103 e. The first-order valence-electron chi connectivity index (χ1n) is 9.82. The number of ether oxygens (including phenoxy) is 2. The molecule has 0 spiro atoms. The summed E-state index contributed by atoms with van der Waals surface area (Å²) in [4.78, 5) is 0. The van der Waals surface area contributed by atoms with Crippen molar-refractivity contribution in [3.8, 4) is 0 Å². The molecule has 26 heavy (non-hydrogen) atoms. The molecule has 2 aliphatic rings. The molecule has 0 bridgehead atoms. The number of hydrogen-bond acceptors (Lipinski definition) is 4. The first-order chi connectivity index (χ1) is 12.8. The largest absolute Gasteiger partial charge is 0.372 e. The van der Waals surface area contributed by atoms with Gasteiger partial charge in [-0.2, -0.15) is 5.10 Å². The normalized spacial score (nSPS) is 23.8. The highest BCUT2D eigenvalue weighted by molar-refractivity contribution is 5.34. The number of fused-ring (bicyclic) bond motifs is 1. The van der Waals surface area contributed by atoms with Gasteiger partial charge in [0.1, 0.15) is 6.10 Å². The Morgan fingerprint density at radius 3 is 3.04 bits per heavy atom. The van der Waals surface area contributed by atoms with Crippen LogP contribution in [0.5, 0.6) is 0 Å². The topological polar surface area (TPSA) is 48.3 Å². The van der Waals surface area contributed by atoms with Crippen LogP contribution in [-0.4, -0.2) is 22.9 Å². The van der Waals surface area contributed by atoms with E-state index in [-0.39, 0.29) is 6.10 Å². The lowest BCUT2D eigenvalue weighted by molar-refractivity contribution is -0.0332. The molecule has 2 aliphatic heterocycles. The van der Waals surface area contributed by atoms with Gasteiger partial charge in [-0.25, -0.2) is 0 Å². The highest BCUT2D eigenvalue weighted by Crippen LogP contribution is 2.33. The molecule has 3 heterocycles. The third-order valence-corrected chi connectivity index (χ3v) is 5.72. The van der Waals surface area contributed by atoms with E-state index in [1.54, 1.807) is 0 Å². The highest BCUT2D eigenvalue weighted by Gasteiger charge is 2.30. The quantitative estimate of drug-likeness (QED) is 0.857. The lowest BCUT2D eigenvalue weighted by Gasteiger charge is -2.33. The Morgan fingerprint density at radius 2 is 2.15 bits per heavy atom. The van der Waals surface area contributed by atoms with Crippen LogP contribution in [0.3, 0.4) is 0 Å². The molecule has 1 fully saturated rings. The second-order valence-corrected chi connectivity index (χ2v) is 7.42. The molecular weight excluding hydrogens is 326 g/mol. The van der Waals surface area contributed by atoms with Gasteiger partial charge < -0.3 is 14.8 Å². The van der Waals surface area contributed by atoms with E-state index in [2.05, 4.69) is 53.2 Å². The zero-order valence-corrected chi connectivity index (χ0v) is 15.8. The number of benzene rings is 1. The Balaban J connectivity index is 1.42. The van der Waals surface area contributed by atoms with E-state index in [4.69, 9.17) is 9.47 Å². The molecule has 2 aromatic rings. The van der Waals surface area contributed by atoms with E-state index in [1.165, 1.54) is 28.8 Å². The Morgan fingerprint density at radius 1 is 1.27 bits per heavy atom. The number of hydrogen-bond donors (Lipinski definition) is 1. The second kappa shape index (κ2) is 7.91.